The molecule has 0 aliphatic heterocycles. The van der Waals surface area contributed by atoms with Gasteiger partial charge in [0.1, 0.15) is 6.04 Å². The van der Waals surface area contributed by atoms with Gasteiger partial charge in [-0.3, -0.25) is 9.59 Å². The van der Waals surface area contributed by atoms with E-state index in [0.29, 0.717) is 12.3 Å². The summed E-state index contributed by atoms with van der Waals surface area (Å²) in [4.78, 5) is 26.6. The first-order valence-electron chi connectivity index (χ1n) is 8.48. The molecule has 1 atom stereocenters. The molecule has 2 rings (SSSR count). The van der Waals surface area contributed by atoms with Gasteiger partial charge in [-0.2, -0.15) is 0 Å². The topological polar surface area (TPSA) is 49.4 Å². The molecule has 0 bridgehead atoms. The quantitative estimate of drug-likeness (QED) is 0.560. The van der Waals surface area contributed by atoms with Gasteiger partial charge < -0.3 is 10.2 Å². The smallest absolute Gasteiger partial charge is 0.242 e. The van der Waals surface area contributed by atoms with Crippen molar-refractivity contribution in [3.63, 3.8) is 0 Å². The second kappa shape index (κ2) is 10.9. The molecule has 0 saturated carbocycles. The van der Waals surface area contributed by atoms with E-state index in [9.17, 15) is 9.59 Å². The summed E-state index contributed by atoms with van der Waals surface area (Å²) < 4.78 is 2.01. The maximum atomic E-state index is 12.8. The monoisotopic (exact) mass is 512 g/mol. The van der Waals surface area contributed by atoms with Crippen LogP contribution < -0.4 is 5.32 Å². The third kappa shape index (κ3) is 6.97. The van der Waals surface area contributed by atoms with E-state index < -0.39 is 6.04 Å². The van der Waals surface area contributed by atoms with Gasteiger partial charge in [0.15, 0.2) is 0 Å². The van der Waals surface area contributed by atoms with Crippen molar-refractivity contribution < 1.29 is 9.59 Å². The Labute approximate surface area is 181 Å². The highest BCUT2D eigenvalue weighted by molar-refractivity contribution is 9.10. The third-order valence-corrected chi connectivity index (χ3v) is 6.13. The maximum Gasteiger partial charge on any atom is 0.242 e. The van der Waals surface area contributed by atoms with E-state index in [1.807, 2.05) is 48.5 Å². The Morgan fingerprint density at radius 2 is 1.52 bits per heavy atom. The average Bonchev–Trinajstić information content (AvgIpc) is 2.67. The number of hydrogen-bond donors (Lipinski definition) is 1. The van der Waals surface area contributed by atoms with Gasteiger partial charge in [-0.05, 0) is 42.3 Å². The van der Waals surface area contributed by atoms with Crippen LogP contribution in [-0.4, -0.2) is 35.6 Å². The second-order valence-corrected chi connectivity index (χ2v) is 8.87. The van der Waals surface area contributed by atoms with E-state index in [2.05, 4.69) is 37.2 Å². The molecule has 144 valence electrons. The summed E-state index contributed by atoms with van der Waals surface area (Å²) in [6.07, 6.45) is 0. The average molecular weight is 514 g/mol. The largest absolute Gasteiger partial charge is 0.357 e. The minimum absolute atomic E-state index is 0.0452. The van der Waals surface area contributed by atoms with Gasteiger partial charge in [0.25, 0.3) is 0 Å². The Balaban J connectivity index is 2.02. The molecule has 7 heteroatoms. The zero-order valence-corrected chi connectivity index (χ0v) is 19.2. The van der Waals surface area contributed by atoms with Crippen molar-refractivity contribution in [3.05, 3.63) is 68.6 Å². The van der Waals surface area contributed by atoms with Crippen LogP contribution in [0.2, 0.25) is 0 Å². The van der Waals surface area contributed by atoms with Crippen LogP contribution in [0.3, 0.4) is 0 Å². The summed E-state index contributed by atoms with van der Waals surface area (Å²) in [5, 5.41) is 2.63. The van der Waals surface area contributed by atoms with Gasteiger partial charge in [0.05, 0.1) is 5.75 Å². The lowest BCUT2D eigenvalue weighted by molar-refractivity contribution is -0.138. The Hall–Kier alpha value is -1.31. The molecule has 1 N–H and O–H groups in total. The molecule has 27 heavy (non-hydrogen) atoms. The second-order valence-electron chi connectivity index (χ2n) is 6.06. The van der Waals surface area contributed by atoms with Gasteiger partial charge in [-0.1, -0.05) is 56.1 Å². The van der Waals surface area contributed by atoms with Crippen LogP contribution in [0.1, 0.15) is 18.1 Å². The molecule has 0 saturated heterocycles. The molecular formula is C20H22Br2N2O2S. The highest BCUT2D eigenvalue weighted by Crippen LogP contribution is 2.18. The predicted octanol–water partition coefficient (Wildman–Crippen LogP) is 4.61. The lowest BCUT2D eigenvalue weighted by atomic mass is 10.1. The number of amides is 2. The predicted molar refractivity (Wildman–Crippen MR) is 119 cm³/mol. The maximum absolute atomic E-state index is 12.8. The van der Waals surface area contributed by atoms with Crippen molar-refractivity contribution in [1.29, 1.82) is 0 Å². The van der Waals surface area contributed by atoms with E-state index in [4.69, 9.17) is 0 Å². The first kappa shape index (κ1) is 22.0. The minimum Gasteiger partial charge on any atom is -0.357 e. The number of carbonyl (C=O) groups excluding carboxylic acids is 2. The van der Waals surface area contributed by atoms with Crippen LogP contribution in [0.4, 0.5) is 0 Å². The first-order chi connectivity index (χ1) is 12.9. The fourth-order valence-corrected chi connectivity index (χ4v) is 3.90. The summed E-state index contributed by atoms with van der Waals surface area (Å²) in [5.41, 5.74) is 2.15. The van der Waals surface area contributed by atoms with E-state index in [1.165, 1.54) is 0 Å². The zero-order valence-electron chi connectivity index (χ0n) is 15.2. The van der Waals surface area contributed by atoms with Crippen LogP contribution in [0.15, 0.2) is 57.5 Å². The number of hydrogen-bond acceptors (Lipinski definition) is 3. The van der Waals surface area contributed by atoms with Gasteiger partial charge in [-0.15, -0.1) is 11.8 Å². The number of nitrogens with zero attached hydrogens (tertiary/aromatic N) is 1. The normalized spacial score (nSPS) is 11.7. The number of nitrogens with one attached hydrogen (secondary N) is 1. The van der Waals surface area contributed by atoms with Crippen LogP contribution in [-0.2, 0) is 21.9 Å². The molecule has 0 radical (unpaired) electrons. The SMILES string of the molecule is CNC(=O)[C@@H](C)N(Cc1ccc(Br)cc1)C(=O)CSCc1ccc(Br)cc1. The number of halogens is 2. The van der Waals surface area contributed by atoms with E-state index in [-0.39, 0.29) is 11.8 Å². The molecule has 0 unspecified atom stereocenters. The van der Waals surface area contributed by atoms with E-state index in [0.717, 1.165) is 25.8 Å². The summed E-state index contributed by atoms with van der Waals surface area (Å²) in [7, 11) is 1.59. The van der Waals surface area contributed by atoms with Crippen molar-refractivity contribution in [2.24, 2.45) is 0 Å². The third-order valence-electron chi connectivity index (χ3n) is 4.09. The molecule has 0 spiro atoms. The van der Waals surface area contributed by atoms with Crippen molar-refractivity contribution in [2.45, 2.75) is 25.3 Å². The Bertz CT molecular complexity index is 767. The standard InChI is InChI=1S/C20H22Br2N2O2S/c1-14(20(26)23-2)24(11-15-3-7-17(21)8-4-15)19(25)13-27-12-16-5-9-18(22)10-6-16/h3-10,14H,11-13H2,1-2H3,(H,23,26)/t14-/m1/s1. The van der Waals surface area contributed by atoms with Crippen molar-refractivity contribution in [3.8, 4) is 0 Å². The Morgan fingerprint density at radius 1 is 1.00 bits per heavy atom. The van der Waals surface area contributed by atoms with Gasteiger partial charge >= 0.3 is 0 Å². The van der Waals surface area contributed by atoms with Crippen molar-refractivity contribution in [2.75, 3.05) is 12.8 Å². The molecule has 0 heterocycles. The van der Waals surface area contributed by atoms with Crippen LogP contribution in [0, 0.1) is 0 Å². The van der Waals surface area contributed by atoms with E-state index in [1.54, 1.807) is 30.6 Å². The molecule has 2 aromatic carbocycles. The van der Waals surface area contributed by atoms with Gasteiger partial charge in [-0.25, -0.2) is 0 Å². The van der Waals surface area contributed by atoms with E-state index >= 15 is 0 Å². The number of thioether (sulfide) groups is 1. The summed E-state index contributed by atoms with van der Waals surface area (Å²) in [5.74, 6) is 0.863. The number of benzene rings is 2. The fraction of sp³-hybridized carbons (Fsp3) is 0.300. The molecule has 0 aromatic heterocycles. The van der Waals surface area contributed by atoms with Gasteiger partial charge in [0, 0.05) is 28.3 Å². The molecule has 0 aliphatic rings. The summed E-state index contributed by atoms with van der Waals surface area (Å²) in [6, 6.07) is 15.3. The number of carbonyl (C=O) groups is 2. The van der Waals surface area contributed by atoms with Crippen molar-refractivity contribution in [1.82, 2.24) is 10.2 Å². The van der Waals surface area contributed by atoms with Crippen LogP contribution in [0.25, 0.3) is 0 Å². The summed E-state index contributed by atoms with van der Waals surface area (Å²) >= 11 is 8.39. The number of likely N-dealkylation sites (N-methyl/N-ethyl adjacent to an activating group) is 1. The molecular weight excluding hydrogens is 492 g/mol. The highest BCUT2D eigenvalue weighted by Gasteiger charge is 2.25. The molecule has 0 fully saturated rings. The lowest BCUT2D eigenvalue weighted by Gasteiger charge is -2.28. The lowest BCUT2D eigenvalue weighted by Crippen LogP contribution is -2.47. The highest BCUT2D eigenvalue weighted by atomic mass is 79.9. The molecule has 2 amide bonds. The van der Waals surface area contributed by atoms with Crippen LogP contribution >= 0.6 is 43.6 Å². The zero-order chi connectivity index (χ0) is 19.8. The van der Waals surface area contributed by atoms with Crippen molar-refractivity contribution >= 4 is 55.4 Å². The Morgan fingerprint density at radius 3 is 2.04 bits per heavy atom. The minimum atomic E-state index is -0.528. The summed E-state index contributed by atoms with van der Waals surface area (Å²) in [6.45, 7) is 2.16. The molecule has 2 aromatic rings. The molecule has 0 aliphatic carbocycles. The first-order valence-corrected chi connectivity index (χ1v) is 11.2. The molecule has 4 nitrogen and oxygen atoms in total. The fourth-order valence-electron chi connectivity index (χ4n) is 2.50. The Kier molecular flexibility index (Phi) is 8.86. The van der Waals surface area contributed by atoms with Crippen LogP contribution in [0.5, 0.6) is 0 Å². The van der Waals surface area contributed by atoms with Gasteiger partial charge in [0.2, 0.25) is 11.8 Å². The number of rotatable bonds is 8.